The Bertz CT molecular complexity index is 1260. The molecule has 9 heteroatoms. The van der Waals surface area contributed by atoms with Crippen LogP contribution >= 0.6 is 0 Å². The van der Waals surface area contributed by atoms with Crippen LogP contribution < -0.4 is 15.0 Å². The van der Waals surface area contributed by atoms with E-state index in [9.17, 15) is 14.4 Å². The number of nitrogens with one attached hydrogen (secondary N) is 1. The highest BCUT2D eigenvalue weighted by Crippen LogP contribution is 2.33. The Morgan fingerprint density at radius 2 is 1.62 bits per heavy atom. The molecule has 0 radical (unpaired) electrons. The second-order valence-corrected chi connectivity index (χ2v) is 12.7. The number of likely N-dealkylation sites (tertiary alicyclic amines) is 1. The van der Waals surface area contributed by atoms with Gasteiger partial charge in [0.25, 0.3) is 11.8 Å². The predicted molar refractivity (Wildman–Crippen MR) is 161 cm³/mol. The van der Waals surface area contributed by atoms with E-state index in [1.54, 1.807) is 5.06 Å². The van der Waals surface area contributed by atoms with Gasteiger partial charge in [-0.2, -0.15) is 0 Å². The van der Waals surface area contributed by atoms with Crippen LogP contribution in [0.5, 0.6) is 5.75 Å². The van der Waals surface area contributed by atoms with E-state index >= 15 is 0 Å². The van der Waals surface area contributed by atoms with Gasteiger partial charge in [-0.05, 0) is 95.1 Å². The second kappa shape index (κ2) is 13.3. The molecule has 0 bridgehead atoms. The summed E-state index contributed by atoms with van der Waals surface area (Å²) in [5.74, 6) is 1.22. The van der Waals surface area contributed by atoms with E-state index < -0.39 is 5.41 Å². The highest BCUT2D eigenvalue weighted by Gasteiger charge is 2.30. The lowest BCUT2D eigenvalue weighted by atomic mass is 9.86. The van der Waals surface area contributed by atoms with Crippen molar-refractivity contribution in [1.82, 2.24) is 15.3 Å². The Kier molecular flexibility index (Phi) is 9.48. The van der Waals surface area contributed by atoms with Gasteiger partial charge in [0.2, 0.25) is 0 Å². The van der Waals surface area contributed by atoms with Gasteiger partial charge in [-0.1, -0.05) is 30.3 Å². The van der Waals surface area contributed by atoms with Gasteiger partial charge < -0.3 is 24.7 Å². The number of para-hydroxylation sites is 2. The number of carbonyl (C=O) groups is 3. The summed E-state index contributed by atoms with van der Waals surface area (Å²) in [6.07, 6.45) is 3.70. The van der Waals surface area contributed by atoms with E-state index in [1.807, 2.05) is 68.1 Å². The summed E-state index contributed by atoms with van der Waals surface area (Å²) < 4.78 is 5.57. The van der Waals surface area contributed by atoms with Gasteiger partial charge in [0, 0.05) is 38.3 Å². The number of ether oxygens (including phenoxy) is 1. The number of anilines is 1. The minimum Gasteiger partial charge on any atom is -0.482 e. The van der Waals surface area contributed by atoms with Crippen LogP contribution in [0, 0.1) is 11.3 Å². The molecule has 2 saturated heterocycles. The Balaban J connectivity index is 1.08. The van der Waals surface area contributed by atoms with Crippen molar-refractivity contribution in [2.24, 2.45) is 11.3 Å². The van der Waals surface area contributed by atoms with E-state index in [0.29, 0.717) is 38.0 Å². The molecule has 226 valence electrons. The second-order valence-electron chi connectivity index (χ2n) is 12.7. The number of fused-ring (bicyclic) bond motifs is 1. The Morgan fingerprint density at radius 3 is 2.36 bits per heavy atom. The standard InChI is InChI=1S/C33H44N4O5/c1-33(2,3)32(40)42-36-18-12-24(13-19-36)22-34-31(39)27-9-5-4-8-26(27)25-14-16-35(17-15-25)20-21-37-28-10-6-7-11-29(28)41-23-30(37)38/h4-11,24-25H,12-23H2,1-3H3,(H,34,39). The lowest BCUT2D eigenvalue weighted by Crippen LogP contribution is -2.45. The van der Waals surface area contributed by atoms with E-state index in [2.05, 4.69) is 16.3 Å². The largest absolute Gasteiger partial charge is 0.482 e. The molecule has 0 aromatic heterocycles. The van der Waals surface area contributed by atoms with E-state index in [-0.39, 0.29) is 24.4 Å². The molecule has 0 unspecified atom stereocenters. The average Bonchev–Trinajstić information content (AvgIpc) is 3.00. The molecule has 3 aliphatic heterocycles. The van der Waals surface area contributed by atoms with Crippen molar-refractivity contribution < 1.29 is 24.0 Å². The van der Waals surface area contributed by atoms with Crippen molar-refractivity contribution in [3.63, 3.8) is 0 Å². The van der Waals surface area contributed by atoms with Crippen LogP contribution in [0.1, 0.15) is 68.3 Å². The molecular formula is C33H44N4O5. The van der Waals surface area contributed by atoms with Gasteiger partial charge in [0.15, 0.2) is 6.61 Å². The maximum Gasteiger partial charge on any atom is 0.330 e. The smallest absolute Gasteiger partial charge is 0.330 e. The molecule has 1 N–H and O–H groups in total. The van der Waals surface area contributed by atoms with Gasteiger partial charge in [-0.25, -0.2) is 4.79 Å². The van der Waals surface area contributed by atoms with Crippen LogP contribution in [-0.2, 0) is 14.4 Å². The van der Waals surface area contributed by atoms with Crippen LogP contribution in [0.4, 0.5) is 5.69 Å². The molecule has 3 aliphatic rings. The summed E-state index contributed by atoms with van der Waals surface area (Å²) in [6, 6.07) is 15.7. The van der Waals surface area contributed by atoms with Crippen molar-refractivity contribution in [1.29, 1.82) is 0 Å². The zero-order valence-electron chi connectivity index (χ0n) is 25.1. The Labute approximate surface area is 249 Å². The Morgan fingerprint density at radius 1 is 0.929 bits per heavy atom. The minimum absolute atomic E-state index is 0.00181. The SMILES string of the molecule is CC(C)(C)C(=O)ON1CCC(CNC(=O)c2ccccc2C2CCN(CCN3C(=O)COc4ccccc43)CC2)CC1. The molecule has 0 aliphatic carbocycles. The first-order valence-corrected chi connectivity index (χ1v) is 15.3. The highest BCUT2D eigenvalue weighted by molar-refractivity contribution is 5.98. The first-order valence-electron chi connectivity index (χ1n) is 15.3. The van der Waals surface area contributed by atoms with Crippen molar-refractivity contribution in [2.75, 3.05) is 57.3 Å². The minimum atomic E-state index is -0.523. The van der Waals surface area contributed by atoms with Gasteiger partial charge >= 0.3 is 5.97 Å². The predicted octanol–water partition coefficient (Wildman–Crippen LogP) is 4.24. The molecule has 3 heterocycles. The molecule has 2 amide bonds. The number of nitrogens with zero attached hydrogens (tertiary/aromatic N) is 3. The molecule has 9 nitrogen and oxygen atoms in total. The van der Waals surface area contributed by atoms with Crippen molar-refractivity contribution in [3.8, 4) is 5.75 Å². The number of rotatable bonds is 8. The van der Waals surface area contributed by atoms with Gasteiger partial charge in [0.05, 0.1) is 11.1 Å². The molecule has 42 heavy (non-hydrogen) atoms. The van der Waals surface area contributed by atoms with E-state index in [4.69, 9.17) is 9.57 Å². The first-order chi connectivity index (χ1) is 20.2. The normalized spacial score (nSPS) is 19.2. The van der Waals surface area contributed by atoms with Crippen LogP contribution in [0.3, 0.4) is 0 Å². The third kappa shape index (κ3) is 7.31. The van der Waals surface area contributed by atoms with Crippen LogP contribution in [0.25, 0.3) is 0 Å². The number of amides is 2. The molecule has 2 fully saturated rings. The maximum atomic E-state index is 13.3. The van der Waals surface area contributed by atoms with Crippen LogP contribution in [0.2, 0.25) is 0 Å². The molecule has 2 aromatic rings. The monoisotopic (exact) mass is 576 g/mol. The zero-order valence-corrected chi connectivity index (χ0v) is 25.1. The van der Waals surface area contributed by atoms with Crippen molar-refractivity contribution in [3.05, 3.63) is 59.7 Å². The summed E-state index contributed by atoms with van der Waals surface area (Å²) >= 11 is 0. The number of hydrogen-bond acceptors (Lipinski definition) is 7. The van der Waals surface area contributed by atoms with Crippen LogP contribution in [-0.4, -0.2) is 80.2 Å². The van der Waals surface area contributed by atoms with E-state index in [0.717, 1.165) is 67.9 Å². The zero-order chi connectivity index (χ0) is 29.7. The fraction of sp³-hybridized carbons (Fsp3) is 0.545. The molecule has 2 aromatic carbocycles. The van der Waals surface area contributed by atoms with Crippen molar-refractivity contribution >= 4 is 23.5 Å². The number of piperidine rings is 2. The lowest BCUT2D eigenvalue weighted by Gasteiger charge is -2.35. The fourth-order valence-corrected chi connectivity index (χ4v) is 5.96. The summed E-state index contributed by atoms with van der Waals surface area (Å²) in [5, 5.41) is 4.94. The quantitative estimate of drug-likeness (QED) is 0.503. The van der Waals surface area contributed by atoms with Gasteiger partial charge in [-0.15, -0.1) is 5.06 Å². The van der Waals surface area contributed by atoms with Crippen molar-refractivity contribution in [2.45, 2.75) is 52.4 Å². The van der Waals surface area contributed by atoms with Gasteiger partial charge in [0.1, 0.15) is 5.75 Å². The molecule has 0 saturated carbocycles. The molecule has 0 atom stereocenters. The maximum absolute atomic E-state index is 13.3. The number of hydrogen-bond donors (Lipinski definition) is 1. The Hall–Kier alpha value is -3.43. The summed E-state index contributed by atoms with van der Waals surface area (Å²) in [7, 11) is 0. The summed E-state index contributed by atoms with van der Waals surface area (Å²) in [5.41, 5.74) is 2.21. The highest BCUT2D eigenvalue weighted by atomic mass is 16.7. The first kappa shape index (κ1) is 30.0. The third-order valence-electron chi connectivity index (χ3n) is 8.63. The van der Waals surface area contributed by atoms with Crippen LogP contribution in [0.15, 0.2) is 48.5 Å². The molecular weight excluding hydrogens is 532 g/mol. The third-order valence-corrected chi connectivity index (χ3v) is 8.63. The summed E-state index contributed by atoms with van der Waals surface area (Å²) in [6.45, 7) is 11.0. The lowest BCUT2D eigenvalue weighted by molar-refractivity contribution is -0.205. The fourth-order valence-electron chi connectivity index (χ4n) is 5.96. The molecule has 0 spiro atoms. The topological polar surface area (TPSA) is 91.4 Å². The summed E-state index contributed by atoms with van der Waals surface area (Å²) in [4.78, 5) is 47.8. The number of hydroxylamine groups is 2. The molecule has 5 rings (SSSR count). The number of benzene rings is 2. The van der Waals surface area contributed by atoms with E-state index in [1.165, 1.54) is 0 Å². The average molecular weight is 577 g/mol. The number of carbonyl (C=O) groups excluding carboxylic acids is 3. The van der Waals surface area contributed by atoms with Gasteiger partial charge in [-0.3, -0.25) is 9.59 Å².